The molecular weight excluding hydrogens is 530 g/mol. The fraction of sp³-hybridized carbons (Fsp3) is 0.441. The zero-order valence-corrected chi connectivity index (χ0v) is 25.4. The van der Waals surface area contributed by atoms with E-state index in [0.717, 1.165) is 68.4 Å². The lowest BCUT2D eigenvalue weighted by atomic mass is 9.78. The van der Waals surface area contributed by atoms with Crippen molar-refractivity contribution in [1.82, 2.24) is 14.5 Å². The van der Waals surface area contributed by atoms with E-state index in [0.29, 0.717) is 17.9 Å². The molecule has 1 atom stereocenters. The number of hydrogen-bond donors (Lipinski definition) is 1. The molecule has 1 saturated heterocycles. The molecule has 0 bridgehead atoms. The van der Waals surface area contributed by atoms with E-state index in [4.69, 9.17) is 0 Å². The monoisotopic (exact) mass is 573 g/mol. The lowest BCUT2D eigenvalue weighted by Crippen LogP contribution is -2.47. The first-order valence-corrected chi connectivity index (χ1v) is 16.3. The third kappa shape index (κ3) is 6.74. The molecule has 0 aromatic heterocycles. The molecule has 41 heavy (non-hydrogen) atoms. The average molecular weight is 574 g/mol. The third-order valence-corrected chi connectivity index (χ3v) is 11.0. The van der Waals surface area contributed by atoms with Gasteiger partial charge in [0.25, 0.3) is 0 Å². The summed E-state index contributed by atoms with van der Waals surface area (Å²) in [6.07, 6.45) is 5.12. The van der Waals surface area contributed by atoms with Crippen LogP contribution in [0.1, 0.15) is 53.5 Å². The molecule has 1 amide bonds. The minimum Gasteiger partial charge on any atom is -0.353 e. The molecule has 5 rings (SSSR count). The molecule has 1 unspecified atom stereocenters. The molecule has 1 N–H and O–H groups in total. The van der Waals surface area contributed by atoms with Crippen molar-refractivity contribution in [3.05, 3.63) is 101 Å². The van der Waals surface area contributed by atoms with E-state index in [9.17, 15) is 13.2 Å². The SMILES string of the molecule is Cc1ccc(S(=O)(=O)N(C)CC2(CCN3CCC(NC(=O)Cc4ccccc4)CC3)CCc3ccccc32)cc1C. The quantitative estimate of drug-likeness (QED) is 0.370. The van der Waals surface area contributed by atoms with E-state index >= 15 is 0 Å². The van der Waals surface area contributed by atoms with Crippen molar-refractivity contribution in [2.75, 3.05) is 33.2 Å². The van der Waals surface area contributed by atoms with Gasteiger partial charge in [0.15, 0.2) is 0 Å². The van der Waals surface area contributed by atoms with E-state index in [1.54, 1.807) is 23.5 Å². The molecule has 1 fully saturated rings. The zero-order valence-electron chi connectivity index (χ0n) is 24.6. The lowest BCUT2D eigenvalue weighted by molar-refractivity contribution is -0.121. The summed E-state index contributed by atoms with van der Waals surface area (Å²) in [5.74, 6) is 0.0872. The van der Waals surface area contributed by atoms with Crippen LogP contribution in [0.4, 0.5) is 0 Å². The highest BCUT2D eigenvalue weighted by Crippen LogP contribution is 2.43. The van der Waals surface area contributed by atoms with Gasteiger partial charge in [-0.15, -0.1) is 0 Å². The fourth-order valence-electron chi connectivity index (χ4n) is 6.57. The van der Waals surface area contributed by atoms with E-state index < -0.39 is 10.0 Å². The first-order valence-electron chi connectivity index (χ1n) is 14.8. The molecule has 1 aliphatic carbocycles. The van der Waals surface area contributed by atoms with Gasteiger partial charge in [0, 0.05) is 38.1 Å². The number of nitrogens with one attached hydrogen (secondary N) is 1. The van der Waals surface area contributed by atoms with Gasteiger partial charge in [-0.3, -0.25) is 4.79 Å². The molecule has 0 saturated carbocycles. The van der Waals surface area contributed by atoms with Crippen LogP contribution in [-0.2, 0) is 33.1 Å². The maximum atomic E-state index is 13.7. The molecule has 1 aliphatic heterocycles. The number of likely N-dealkylation sites (tertiary alicyclic amines) is 1. The van der Waals surface area contributed by atoms with Gasteiger partial charge in [-0.05, 0) is 92.4 Å². The molecule has 2 aliphatic rings. The summed E-state index contributed by atoms with van der Waals surface area (Å²) in [6.45, 7) is 7.21. The van der Waals surface area contributed by atoms with E-state index in [1.165, 1.54) is 11.1 Å². The molecule has 218 valence electrons. The second-order valence-corrected chi connectivity index (χ2v) is 14.1. The molecule has 0 spiro atoms. The van der Waals surface area contributed by atoms with Crippen molar-refractivity contribution in [3.8, 4) is 0 Å². The number of likely N-dealkylation sites (N-methyl/N-ethyl adjacent to an activating group) is 1. The summed E-state index contributed by atoms with van der Waals surface area (Å²) in [7, 11) is -1.88. The summed E-state index contributed by atoms with van der Waals surface area (Å²) >= 11 is 0. The minimum atomic E-state index is -3.61. The largest absolute Gasteiger partial charge is 0.353 e. The Morgan fingerprint density at radius 3 is 2.41 bits per heavy atom. The molecule has 1 heterocycles. The van der Waals surface area contributed by atoms with Gasteiger partial charge in [0.2, 0.25) is 15.9 Å². The summed E-state index contributed by atoms with van der Waals surface area (Å²) in [4.78, 5) is 15.4. The lowest BCUT2D eigenvalue weighted by Gasteiger charge is -2.38. The Bertz CT molecular complexity index is 1470. The summed E-state index contributed by atoms with van der Waals surface area (Å²) in [5.41, 5.74) is 5.52. The third-order valence-electron chi connectivity index (χ3n) is 9.24. The Hall–Kier alpha value is -3.00. The van der Waals surface area contributed by atoms with Gasteiger partial charge in [-0.25, -0.2) is 12.7 Å². The number of rotatable bonds is 10. The van der Waals surface area contributed by atoms with Crippen LogP contribution in [0.15, 0.2) is 77.7 Å². The highest BCUT2D eigenvalue weighted by atomic mass is 32.2. The van der Waals surface area contributed by atoms with Gasteiger partial charge in [-0.1, -0.05) is 60.7 Å². The minimum absolute atomic E-state index is 0.0872. The van der Waals surface area contributed by atoms with Crippen molar-refractivity contribution in [2.24, 2.45) is 0 Å². The Morgan fingerprint density at radius 2 is 1.68 bits per heavy atom. The predicted molar refractivity (Wildman–Crippen MR) is 165 cm³/mol. The Balaban J connectivity index is 1.23. The molecule has 0 radical (unpaired) electrons. The molecule has 3 aromatic carbocycles. The predicted octanol–water partition coefficient (Wildman–Crippen LogP) is 5.02. The van der Waals surface area contributed by atoms with E-state index in [-0.39, 0.29) is 17.4 Å². The van der Waals surface area contributed by atoms with Crippen molar-refractivity contribution in [3.63, 3.8) is 0 Å². The van der Waals surface area contributed by atoms with E-state index in [2.05, 4.69) is 34.5 Å². The normalized spacial score (nSPS) is 19.8. The molecule has 7 heteroatoms. The van der Waals surface area contributed by atoms with Crippen molar-refractivity contribution in [1.29, 1.82) is 0 Å². The first kappa shape index (κ1) is 29.5. The number of carbonyl (C=O) groups excluding carboxylic acids is 1. The number of amides is 1. The van der Waals surface area contributed by atoms with Crippen LogP contribution in [-0.4, -0.2) is 62.8 Å². The van der Waals surface area contributed by atoms with Gasteiger partial charge < -0.3 is 10.2 Å². The van der Waals surface area contributed by atoms with Gasteiger partial charge in [0.1, 0.15) is 0 Å². The maximum Gasteiger partial charge on any atom is 0.242 e. The van der Waals surface area contributed by atoms with Crippen molar-refractivity contribution < 1.29 is 13.2 Å². The van der Waals surface area contributed by atoms with Crippen LogP contribution in [0, 0.1) is 13.8 Å². The average Bonchev–Trinajstić information content (AvgIpc) is 3.33. The number of hydrogen-bond acceptors (Lipinski definition) is 4. The van der Waals surface area contributed by atoms with Crippen LogP contribution >= 0.6 is 0 Å². The molecular formula is C34H43N3O3S. The highest BCUT2D eigenvalue weighted by Gasteiger charge is 2.41. The van der Waals surface area contributed by atoms with Crippen LogP contribution < -0.4 is 5.32 Å². The number of benzene rings is 3. The maximum absolute atomic E-state index is 13.7. The van der Waals surface area contributed by atoms with Gasteiger partial charge >= 0.3 is 0 Å². The number of sulfonamides is 1. The van der Waals surface area contributed by atoms with Crippen LogP contribution in [0.25, 0.3) is 0 Å². The van der Waals surface area contributed by atoms with Crippen LogP contribution in [0.3, 0.4) is 0 Å². The summed E-state index contributed by atoms with van der Waals surface area (Å²) in [6, 6.07) is 24.1. The topological polar surface area (TPSA) is 69.7 Å². The van der Waals surface area contributed by atoms with Crippen LogP contribution in [0.2, 0.25) is 0 Å². The number of fused-ring (bicyclic) bond motifs is 1. The smallest absolute Gasteiger partial charge is 0.242 e. The summed E-state index contributed by atoms with van der Waals surface area (Å²) < 4.78 is 28.9. The second kappa shape index (κ2) is 12.5. The number of piperidine rings is 1. The van der Waals surface area contributed by atoms with Gasteiger partial charge in [0.05, 0.1) is 11.3 Å². The standard InChI is InChI=1S/C34H43N3O3S/c1-26-13-14-31(23-27(26)2)41(39,40)36(3)25-34(18-15-29-11-7-8-12-32(29)34)19-22-37-20-16-30(17-21-37)35-33(38)24-28-9-5-4-6-10-28/h4-14,23,30H,15-22,24-25H2,1-3H3,(H,35,38). The number of carbonyl (C=O) groups is 1. The summed E-state index contributed by atoms with van der Waals surface area (Å²) in [5, 5.41) is 3.23. The number of aryl methyl sites for hydroxylation is 3. The number of nitrogens with zero attached hydrogens (tertiary/aromatic N) is 2. The molecule has 3 aromatic rings. The molecule has 6 nitrogen and oxygen atoms in total. The van der Waals surface area contributed by atoms with Crippen molar-refractivity contribution >= 4 is 15.9 Å². The Labute approximate surface area is 245 Å². The van der Waals surface area contributed by atoms with Gasteiger partial charge in [-0.2, -0.15) is 0 Å². The Kier molecular flexibility index (Phi) is 8.97. The highest BCUT2D eigenvalue weighted by molar-refractivity contribution is 7.89. The van der Waals surface area contributed by atoms with Crippen molar-refractivity contribution in [2.45, 2.75) is 68.7 Å². The first-order chi connectivity index (χ1) is 19.7. The zero-order chi connectivity index (χ0) is 29.0. The Morgan fingerprint density at radius 1 is 0.976 bits per heavy atom. The van der Waals surface area contributed by atoms with E-state index in [1.807, 2.05) is 50.2 Å². The second-order valence-electron chi connectivity index (χ2n) is 12.0. The fourth-order valence-corrected chi connectivity index (χ4v) is 7.91. The van der Waals surface area contributed by atoms with Crippen LogP contribution in [0.5, 0.6) is 0 Å².